The number of rotatable bonds is 5. The number of aromatic nitrogens is 3. The first kappa shape index (κ1) is 14.2. The van der Waals surface area contributed by atoms with Crippen LogP contribution in [0.15, 0.2) is 29.0 Å². The molecule has 6 heteroatoms. The van der Waals surface area contributed by atoms with Crippen molar-refractivity contribution in [3.63, 3.8) is 0 Å². The molecule has 1 aliphatic rings. The summed E-state index contributed by atoms with van der Waals surface area (Å²) in [6.07, 6.45) is 5.64. The number of hydrogen-bond acceptors (Lipinski definition) is 6. The minimum atomic E-state index is 0.300. The molecule has 21 heavy (non-hydrogen) atoms. The van der Waals surface area contributed by atoms with Gasteiger partial charge in [-0.2, -0.15) is 4.98 Å². The highest BCUT2D eigenvalue weighted by Gasteiger charge is 2.25. The van der Waals surface area contributed by atoms with Crippen LogP contribution in [0.2, 0.25) is 0 Å². The van der Waals surface area contributed by atoms with Crippen molar-refractivity contribution in [3.05, 3.63) is 41.8 Å². The lowest BCUT2D eigenvalue weighted by atomic mass is 10.1. The first-order valence-electron chi connectivity index (χ1n) is 7.53. The Bertz CT molecular complexity index is 556. The van der Waals surface area contributed by atoms with Crippen molar-refractivity contribution in [1.82, 2.24) is 25.3 Å². The molecule has 6 nitrogen and oxygen atoms in total. The lowest BCUT2D eigenvalue weighted by Crippen LogP contribution is -2.45. The average molecular weight is 287 g/mol. The predicted octanol–water partition coefficient (Wildman–Crippen LogP) is 1.56. The fraction of sp³-hybridized carbons (Fsp3) is 0.533. The van der Waals surface area contributed by atoms with Gasteiger partial charge in [-0.15, -0.1) is 0 Å². The maximum atomic E-state index is 5.37. The monoisotopic (exact) mass is 287 g/mol. The zero-order valence-corrected chi connectivity index (χ0v) is 12.3. The van der Waals surface area contributed by atoms with E-state index in [1.54, 1.807) is 6.20 Å². The molecule has 1 atom stereocenters. The Morgan fingerprint density at radius 2 is 2.43 bits per heavy atom. The van der Waals surface area contributed by atoms with E-state index in [1.807, 2.05) is 12.3 Å². The van der Waals surface area contributed by atoms with Gasteiger partial charge in [0.2, 0.25) is 5.89 Å². The van der Waals surface area contributed by atoms with Gasteiger partial charge in [-0.1, -0.05) is 18.1 Å². The molecule has 112 valence electrons. The molecule has 0 aromatic carbocycles. The molecule has 1 saturated heterocycles. The molecule has 2 aromatic rings. The molecule has 0 spiro atoms. The molecule has 0 bridgehead atoms. The molecule has 0 amide bonds. The van der Waals surface area contributed by atoms with Gasteiger partial charge in [-0.3, -0.25) is 9.88 Å². The van der Waals surface area contributed by atoms with E-state index in [0.29, 0.717) is 18.5 Å². The third kappa shape index (κ3) is 3.46. The maximum Gasteiger partial charge on any atom is 0.240 e. The van der Waals surface area contributed by atoms with Gasteiger partial charge >= 0.3 is 0 Å². The van der Waals surface area contributed by atoms with Crippen LogP contribution in [0.25, 0.3) is 0 Å². The Morgan fingerprint density at radius 3 is 3.24 bits per heavy atom. The summed E-state index contributed by atoms with van der Waals surface area (Å²) in [6.45, 7) is 5.67. The van der Waals surface area contributed by atoms with E-state index in [4.69, 9.17) is 4.52 Å². The van der Waals surface area contributed by atoms with Crippen molar-refractivity contribution in [2.45, 2.75) is 32.4 Å². The Labute approximate surface area is 124 Å². The zero-order chi connectivity index (χ0) is 14.5. The van der Waals surface area contributed by atoms with Crippen molar-refractivity contribution in [2.24, 2.45) is 0 Å². The van der Waals surface area contributed by atoms with Crippen LogP contribution in [0.4, 0.5) is 0 Å². The van der Waals surface area contributed by atoms with Crippen LogP contribution in [0.3, 0.4) is 0 Å². The number of pyridine rings is 1. The van der Waals surface area contributed by atoms with E-state index in [9.17, 15) is 0 Å². The largest absolute Gasteiger partial charge is 0.338 e. The van der Waals surface area contributed by atoms with Crippen LogP contribution in [0, 0.1) is 0 Å². The topological polar surface area (TPSA) is 67.1 Å². The standard InChI is InChI=1S/C15H21N5O/c1-2-4-14-18-15(21-19-14)11-20-8-7-17-10-13(20)12-5-3-6-16-9-12/h3,5-6,9,13,17H,2,4,7-8,10-11H2,1H3. The predicted molar refractivity (Wildman–Crippen MR) is 78.6 cm³/mol. The summed E-state index contributed by atoms with van der Waals surface area (Å²) in [7, 11) is 0. The second-order valence-electron chi connectivity index (χ2n) is 5.33. The summed E-state index contributed by atoms with van der Waals surface area (Å²) < 4.78 is 5.37. The van der Waals surface area contributed by atoms with E-state index in [-0.39, 0.29) is 0 Å². The normalized spacial score (nSPS) is 19.8. The summed E-state index contributed by atoms with van der Waals surface area (Å²) in [5.74, 6) is 1.51. The van der Waals surface area contributed by atoms with Gasteiger partial charge in [-0.05, 0) is 18.1 Å². The highest BCUT2D eigenvalue weighted by molar-refractivity contribution is 5.15. The van der Waals surface area contributed by atoms with Gasteiger partial charge in [0.05, 0.1) is 6.54 Å². The van der Waals surface area contributed by atoms with Crippen molar-refractivity contribution >= 4 is 0 Å². The summed E-state index contributed by atoms with van der Waals surface area (Å²) in [5, 5.41) is 7.47. The van der Waals surface area contributed by atoms with Gasteiger partial charge in [0, 0.05) is 44.5 Å². The number of nitrogens with zero attached hydrogens (tertiary/aromatic N) is 4. The Kier molecular flexibility index (Phi) is 4.57. The molecule has 1 fully saturated rings. The lowest BCUT2D eigenvalue weighted by molar-refractivity contribution is 0.135. The van der Waals surface area contributed by atoms with Crippen LogP contribution in [0.5, 0.6) is 0 Å². The molecule has 0 aliphatic carbocycles. The Hall–Kier alpha value is -1.79. The van der Waals surface area contributed by atoms with Crippen molar-refractivity contribution in [3.8, 4) is 0 Å². The summed E-state index contributed by atoms with van der Waals surface area (Å²) in [5.41, 5.74) is 1.22. The molecule has 0 saturated carbocycles. The fourth-order valence-electron chi connectivity index (χ4n) is 2.69. The third-order valence-electron chi connectivity index (χ3n) is 3.75. The summed E-state index contributed by atoms with van der Waals surface area (Å²) in [4.78, 5) is 11.1. The van der Waals surface area contributed by atoms with Crippen LogP contribution in [-0.4, -0.2) is 39.7 Å². The number of piperazine rings is 1. The van der Waals surface area contributed by atoms with Gasteiger partial charge in [0.25, 0.3) is 0 Å². The van der Waals surface area contributed by atoms with Gasteiger partial charge in [-0.25, -0.2) is 0 Å². The van der Waals surface area contributed by atoms with Crippen LogP contribution in [-0.2, 0) is 13.0 Å². The molecular weight excluding hydrogens is 266 g/mol. The number of hydrogen-bond donors (Lipinski definition) is 1. The van der Waals surface area contributed by atoms with Gasteiger partial charge < -0.3 is 9.84 Å². The van der Waals surface area contributed by atoms with E-state index < -0.39 is 0 Å². The average Bonchev–Trinajstić information content (AvgIpc) is 2.96. The van der Waals surface area contributed by atoms with Crippen molar-refractivity contribution in [1.29, 1.82) is 0 Å². The quantitative estimate of drug-likeness (QED) is 0.900. The molecule has 2 aromatic heterocycles. The lowest BCUT2D eigenvalue weighted by Gasteiger charge is -2.35. The number of nitrogens with one attached hydrogen (secondary N) is 1. The fourth-order valence-corrected chi connectivity index (χ4v) is 2.69. The van der Waals surface area contributed by atoms with Crippen molar-refractivity contribution in [2.75, 3.05) is 19.6 Å². The minimum Gasteiger partial charge on any atom is -0.338 e. The van der Waals surface area contributed by atoms with Crippen molar-refractivity contribution < 1.29 is 4.52 Å². The first-order valence-corrected chi connectivity index (χ1v) is 7.53. The molecule has 1 aliphatic heterocycles. The SMILES string of the molecule is CCCc1noc(CN2CCNCC2c2cccnc2)n1. The van der Waals surface area contributed by atoms with Gasteiger partial charge in [0.1, 0.15) is 0 Å². The third-order valence-corrected chi connectivity index (χ3v) is 3.75. The molecule has 3 rings (SSSR count). The Balaban J connectivity index is 1.72. The summed E-state index contributed by atoms with van der Waals surface area (Å²) >= 11 is 0. The van der Waals surface area contributed by atoms with E-state index in [0.717, 1.165) is 38.3 Å². The zero-order valence-electron chi connectivity index (χ0n) is 12.3. The minimum absolute atomic E-state index is 0.300. The highest BCUT2D eigenvalue weighted by atomic mass is 16.5. The van der Waals surface area contributed by atoms with Gasteiger partial charge in [0.15, 0.2) is 5.82 Å². The second-order valence-corrected chi connectivity index (χ2v) is 5.33. The van der Waals surface area contributed by atoms with E-state index >= 15 is 0 Å². The van der Waals surface area contributed by atoms with Crippen LogP contribution < -0.4 is 5.32 Å². The highest BCUT2D eigenvalue weighted by Crippen LogP contribution is 2.23. The summed E-state index contributed by atoms with van der Waals surface area (Å²) in [6, 6.07) is 4.40. The second kappa shape index (κ2) is 6.78. The molecule has 1 unspecified atom stereocenters. The molecular formula is C15H21N5O. The van der Waals surface area contributed by atoms with Crippen LogP contribution >= 0.6 is 0 Å². The number of aryl methyl sites for hydroxylation is 1. The Morgan fingerprint density at radius 1 is 1.48 bits per heavy atom. The molecule has 0 radical (unpaired) electrons. The molecule has 3 heterocycles. The van der Waals surface area contributed by atoms with E-state index in [2.05, 4.69) is 38.3 Å². The molecule has 1 N–H and O–H groups in total. The van der Waals surface area contributed by atoms with Crippen LogP contribution in [0.1, 0.15) is 36.7 Å². The maximum absolute atomic E-state index is 5.37. The first-order chi connectivity index (χ1) is 10.4. The van der Waals surface area contributed by atoms with E-state index in [1.165, 1.54) is 5.56 Å². The smallest absolute Gasteiger partial charge is 0.240 e.